The molecular formula is C16H19N3O3S. The van der Waals surface area contributed by atoms with Crippen LogP contribution in [0.1, 0.15) is 19.3 Å². The van der Waals surface area contributed by atoms with E-state index in [1.807, 2.05) is 16.3 Å². The van der Waals surface area contributed by atoms with Gasteiger partial charge in [0, 0.05) is 25.1 Å². The van der Waals surface area contributed by atoms with Crippen LogP contribution in [0.5, 0.6) is 0 Å². The summed E-state index contributed by atoms with van der Waals surface area (Å²) in [6, 6.07) is 1.82. The molecule has 2 aliphatic rings. The van der Waals surface area contributed by atoms with Crippen LogP contribution < -0.4 is 5.56 Å². The summed E-state index contributed by atoms with van der Waals surface area (Å²) in [4.78, 5) is 31.2. The average Bonchev–Trinajstić information content (AvgIpc) is 3.20. The van der Waals surface area contributed by atoms with Gasteiger partial charge in [0.1, 0.15) is 11.2 Å². The first-order valence-corrected chi connectivity index (χ1v) is 8.83. The first kappa shape index (κ1) is 14.8. The summed E-state index contributed by atoms with van der Waals surface area (Å²) >= 11 is 1.37. The van der Waals surface area contributed by atoms with Crippen molar-refractivity contribution in [3.05, 3.63) is 28.1 Å². The Balaban J connectivity index is 1.52. The Morgan fingerprint density at radius 2 is 2.35 bits per heavy atom. The lowest BCUT2D eigenvalue weighted by atomic mass is 9.79. The van der Waals surface area contributed by atoms with E-state index in [1.54, 1.807) is 0 Å². The second-order valence-electron chi connectivity index (χ2n) is 6.53. The van der Waals surface area contributed by atoms with Gasteiger partial charge in [-0.2, -0.15) is 0 Å². The second-order valence-corrected chi connectivity index (χ2v) is 7.45. The topological polar surface area (TPSA) is 64.4 Å². The van der Waals surface area contributed by atoms with Crippen molar-refractivity contribution in [3.8, 4) is 0 Å². The molecular weight excluding hydrogens is 314 g/mol. The van der Waals surface area contributed by atoms with Gasteiger partial charge in [0.05, 0.1) is 18.5 Å². The Labute approximate surface area is 137 Å². The van der Waals surface area contributed by atoms with E-state index in [1.165, 1.54) is 22.2 Å². The number of amides is 1. The van der Waals surface area contributed by atoms with Crippen LogP contribution in [-0.4, -0.2) is 46.7 Å². The zero-order valence-corrected chi connectivity index (χ0v) is 13.7. The highest BCUT2D eigenvalue weighted by Crippen LogP contribution is 2.37. The lowest BCUT2D eigenvalue weighted by molar-refractivity contribution is -0.135. The fraction of sp³-hybridized carbons (Fsp3) is 0.562. The standard InChI is InChI=1S/C16H19N3O3S/c20-13(18-5-1-3-16(9-18)4-6-22-10-16)8-19-11-17-12-2-7-23-14(12)15(19)21/h2,7,11H,1,3-6,8-10H2/t16-/m1/s1. The van der Waals surface area contributed by atoms with Gasteiger partial charge in [-0.1, -0.05) is 0 Å². The van der Waals surface area contributed by atoms with Crippen LogP contribution in [0.2, 0.25) is 0 Å². The fourth-order valence-electron chi connectivity index (χ4n) is 3.63. The van der Waals surface area contributed by atoms with Gasteiger partial charge in [-0.25, -0.2) is 4.98 Å². The number of hydrogen-bond acceptors (Lipinski definition) is 5. The molecule has 2 fully saturated rings. The first-order chi connectivity index (χ1) is 11.2. The van der Waals surface area contributed by atoms with Crippen LogP contribution >= 0.6 is 11.3 Å². The average molecular weight is 333 g/mol. The molecule has 0 radical (unpaired) electrons. The molecule has 2 aromatic heterocycles. The highest BCUT2D eigenvalue weighted by molar-refractivity contribution is 7.17. The lowest BCUT2D eigenvalue weighted by Gasteiger charge is -2.39. The number of ether oxygens (including phenoxy) is 1. The Kier molecular flexibility index (Phi) is 3.69. The highest BCUT2D eigenvalue weighted by atomic mass is 32.1. The summed E-state index contributed by atoms with van der Waals surface area (Å²) < 4.78 is 7.58. The SMILES string of the molecule is O=C(Cn1cnc2ccsc2c1=O)N1CCC[C@@]2(CCOC2)C1. The molecule has 2 aromatic rings. The molecule has 4 heterocycles. The number of hydrogen-bond donors (Lipinski definition) is 0. The number of nitrogens with zero attached hydrogens (tertiary/aromatic N) is 3. The van der Waals surface area contributed by atoms with E-state index in [0.29, 0.717) is 10.2 Å². The summed E-state index contributed by atoms with van der Waals surface area (Å²) in [5.41, 5.74) is 0.701. The van der Waals surface area contributed by atoms with Gasteiger partial charge in [-0.15, -0.1) is 11.3 Å². The Bertz CT molecular complexity index is 791. The molecule has 2 aliphatic heterocycles. The van der Waals surface area contributed by atoms with Crippen LogP contribution in [0.4, 0.5) is 0 Å². The van der Waals surface area contributed by atoms with Gasteiger partial charge >= 0.3 is 0 Å². The predicted octanol–water partition coefficient (Wildman–Crippen LogP) is 1.49. The maximum Gasteiger partial charge on any atom is 0.271 e. The number of aromatic nitrogens is 2. The van der Waals surface area contributed by atoms with Crippen molar-refractivity contribution in [2.75, 3.05) is 26.3 Å². The van der Waals surface area contributed by atoms with Crippen molar-refractivity contribution >= 4 is 27.5 Å². The Hall–Kier alpha value is -1.73. The van der Waals surface area contributed by atoms with Crippen LogP contribution in [0.3, 0.4) is 0 Å². The van der Waals surface area contributed by atoms with Gasteiger partial charge in [-0.3, -0.25) is 14.2 Å². The normalized spacial score (nSPS) is 24.6. The molecule has 0 saturated carbocycles. The quantitative estimate of drug-likeness (QED) is 0.835. The molecule has 2 saturated heterocycles. The number of carbonyl (C=O) groups excluding carboxylic acids is 1. The maximum atomic E-state index is 12.6. The van der Waals surface area contributed by atoms with Crippen molar-refractivity contribution in [2.45, 2.75) is 25.8 Å². The van der Waals surface area contributed by atoms with E-state index in [2.05, 4.69) is 4.98 Å². The molecule has 122 valence electrons. The monoisotopic (exact) mass is 333 g/mol. The third-order valence-electron chi connectivity index (χ3n) is 4.94. The number of fused-ring (bicyclic) bond motifs is 1. The van der Waals surface area contributed by atoms with Crippen LogP contribution in [0.15, 0.2) is 22.6 Å². The number of carbonyl (C=O) groups is 1. The largest absolute Gasteiger partial charge is 0.381 e. The van der Waals surface area contributed by atoms with E-state index in [4.69, 9.17) is 4.74 Å². The molecule has 1 atom stereocenters. The summed E-state index contributed by atoms with van der Waals surface area (Å²) in [5, 5.41) is 1.85. The van der Waals surface area contributed by atoms with E-state index < -0.39 is 0 Å². The summed E-state index contributed by atoms with van der Waals surface area (Å²) in [6.07, 6.45) is 4.64. The molecule has 0 N–H and O–H groups in total. The van der Waals surface area contributed by atoms with Gasteiger partial charge in [0.2, 0.25) is 5.91 Å². The molecule has 0 bridgehead atoms. The Morgan fingerprint density at radius 1 is 1.43 bits per heavy atom. The minimum absolute atomic E-state index is 0.00391. The van der Waals surface area contributed by atoms with Crippen molar-refractivity contribution in [1.82, 2.24) is 14.5 Å². The van der Waals surface area contributed by atoms with Gasteiger partial charge in [0.25, 0.3) is 5.56 Å². The van der Waals surface area contributed by atoms with Gasteiger partial charge in [0.15, 0.2) is 0 Å². The van der Waals surface area contributed by atoms with E-state index in [9.17, 15) is 9.59 Å². The first-order valence-electron chi connectivity index (χ1n) is 7.95. The molecule has 7 heteroatoms. The van der Waals surface area contributed by atoms with E-state index in [-0.39, 0.29) is 23.4 Å². The van der Waals surface area contributed by atoms with Crippen molar-refractivity contribution in [3.63, 3.8) is 0 Å². The summed E-state index contributed by atoms with van der Waals surface area (Å²) in [7, 11) is 0. The molecule has 23 heavy (non-hydrogen) atoms. The maximum absolute atomic E-state index is 12.6. The molecule has 1 amide bonds. The van der Waals surface area contributed by atoms with Gasteiger partial charge in [-0.05, 0) is 30.7 Å². The number of thiophene rings is 1. The smallest absolute Gasteiger partial charge is 0.271 e. The molecule has 0 aliphatic carbocycles. The van der Waals surface area contributed by atoms with Crippen LogP contribution in [0, 0.1) is 5.41 Å². The number of rotatable bonds is 2. The number of likely N-dealkylation sites (tertiary alicyclic amines) is 1. The predicted molar refractivity (Wildman–Crippen MR) is 87.6 cm³/mol. The third-order valence-corrected chi connectivity index (χ3v) is 5.83. The number of piperidine rings is 1. The molecule has 0 unspecified atom stereocenters. The highest BCUT2D eigenvalue weighted by Gasteiger charge is 2.40. The molecule has 6 nitrogen and oxygen atoms in total. The summed E-state index contributed by atoms with van der Waals surface area (Å²) in [5.74, 6) is -0.00391. The zero-order chi connectivity index (χ0) is 15.9. The van der Waals surface area contributed by atoms with Crippen LogP contribution in [-0.2, 0) is 16.1 Å². The van der Waals surface area contributed by atoms with Crippen molar-refractivity contribution < 1.29 is 9.53 Å². The van der Waals surface area contributed by atoms with E-state index in [0.717, 1.165) is 45.6 Å². The van der Waals surface area contributed by atoms with Crippen molar-refractivity contribution in [2.24, 2.45) is 5.41 Å². The van der Waals surface area contributed by atoms with Crippen LogP contribution in [0.25, 0.3) is 10.2 Å². The second kappa shape index (κ2) is 5.72. The lowest BCUT2D eigenvalue weighted by Crippen LogP contribution is -2.48. The van der Waals surface area contributed by atoms with Gasteiger partial charge < -0.3 is 9.64 Å². The molecule has 4 rings (SSSR count). The fourth-order valence-corrected chi connectivity index (χ4v) is 4.42. The minimum Gasteiger partial charge on any atom is -0.381 e. The third kappa shape index (κ3) is 2.68. The molecule has 1 spiro atoms. The Morgan fingerprint density at radius 3 is 3.17 bits per heavy atom. The summed E-state index contributed by atoms with van der Waals surface area (Å²) in [6.45, 7) is 3.12. The van der Waals surface area contributed by atoms with E-state index >= 15 is 0 Å². The minimum atomic E-state index is -0.130. The molecule has 0 aromatic carbocycles. The zero-order valence-electron chi connectivity index (χ0n) is 12.9. The van der Waals surface area contributed by atoms with Crippen molar-refractivity contribution in [1.29, 1.82) is 0 Å².